The summed E-state index contributed by atoms with van der Waals surface area (Å²) in [7, 11) is 0. The number of rotatable bonds is 7. The number of benzene rings is 1. The lowest BCUT2D eigenvalue weighted by atomic mass is 9.73. The molecule has 0 heterocycles. The van der Waals surface area contributed by atoms with E-state index in [2.05, 4.69) is 5.48 Å². The van der Waals surface area contributed by atoms with Crippen LogP contribution in [0.25, 0.3) is 6.08 Å². The molecule has 0 bridgehead atoms. The summed E-state index contributed by atoms with van der Waals surface area (Å²) in [6, 6.07) is 3.32. The Bertz CT molecular complexity index is 760. The lowest BCUT2D eigenvalue weighted by molar-refractivity contribution is -0.127. The highest BCUT2D eigenvalue weighted by molar-refractivity contribution is 6.22. The second-order valence-corrected chi connectivity index (χ2v) is 7.45. The molecule has 1 aliphatic rings. The van der Waals surface area contributed by atoms with E-state index in [-0.39, 0.29) is 34.7 Å². The number of hydrogen-bond acceptors (Lipinski definition) is 4. The maximum Gasteiger partial charge on any atom is 0.168 e. The summed E-state index contributed by atoms with van der Waals surface area (Å²) in [6.07, 6.45) is 4.95. The molecule has 1 aromatic carbocycles. The summed E-state index contributed by atoms with van der Waals surface area (Å²) in [4.78, 5) is 30.2. The zero-order chi connectivity index (χ0) is 20.0. The molecule has 4 nitrogen and oxygen atoms in total. The van der Waals surface area contributed by atoms with Gasteiger partial charge in [-0.25, -0.2) is 8.78 Å². The van der Waals surface area contributed by atoms with Crippen LogP contribution in [-0.2, 0) is 14.4 Å². The highest BCUT2D eigenvalue weighted by Crippen LogP contribution is 2.34. The van der Waals surface area contributed by atoms with E-state index in [1.807, 2.05) is 20.8 Å². The van der Waals surface area contributed by atoms with Crippen LogP contribution in [-0.4, -0.2) is 18.2 Å². The van der Waals surface area contributed by atoms with Gasteiger partial charge in [0, 0.05) is 24.5 Å². The van der Waals surface area contributed by atoms with Crippen LogP contribution in [0.3, 0.4) is 0 Å². The maximum atomic E-state index is 13.5. The van der Waals surface area contributed by atoms with Gasteiger partial charge in [0.05, 0.1) is 17.9 Å². The normalized spacial score (nSPS) is 16.9. The van der Waals surface area contributed by atoms with E-state index in [0.717, 1.165) is 12.5 Å². The monoisotopic (exact) mass is 377 g/mol. The molecule has 6 heteroatoms. The Morgan fingerprint density at radius 3 is 2.48 bits per heavy atom. The van der Waals surface area contributed by atoms with Gasteiger partial charge in [-0.3, -0.25) is 19.9 Å². The quantitative estimate of drug-likeness (QED) is 0.329. The van der Waals surface area contributed by atoms with Crippen molar-refractivity contribution in [3.05, 3.63) is 52.7 Å². The van der Waals surface area contributed by atoms with E-state index in [1.165, 1.54) is 18.2 Å². The topological polar surface area (TPSA) is 55.4 Å². The molecular weight excluding hydrogens is 352 g/mol. The minimum absolute atomic E-state index is 0.0885. The van der Waals surface area contributed by atoms with Crippen LogP contribution in [0.1, 0.15) is 52.0 Å². The Kier molecular flexibility index (Phi) is 7.02. The average Bonchev–Trinajstić information content (AvgIpc) is 2.54. The van der Waals surface area contributed by atoms with Crippen molar-refractivity contribution in [3.63, 3.8) is 0 Å². The molecule has 0 spiro atoms. The molecule has 0 saturated heterocycles. The second kappa shape index (κ2) is 9.04. The summed E-state index contributed by atoms with van der Waals surface area (Å²) < 4.78 is 26.4. The number of hydrogen-bond donors (Lipinski definition) is 1. The van der Waals surface area contributed by atoms with Crippen LogP contribution in [0.4, 0.5) is 8.78 Å². The Morgan fingerprint density at radius 2 is 1.89 bits per heavy atom. The van der Waals surface area contributed by atoms with Gasteiger partial charge in [-0.2, -0.15) is 0 Å². The number of halogens is 2. The number of Topliss-reactive ketones (excluding diaryl/α,β-unsaturated/α-hetero) is 2. The number of carbonyl (C=O) groups excluding carboxylic acids is 2. The summed E-state index contributed by atoms with van der Waals surface area (Å²) in [5.74, 6) is -1.63. The molecule has 1 fully saturated rings. The molecule has 2 rings (SSSR count). The number of ketones is 2. The van der Waals surface area contributed by atoms with Gasteiger partial charge in [0.25, 0.3) is 0 Å². The SMILES string of the molecule is CCCC(NOCC=Cc1ccc(F)cc1F)=C1C(=O)CC(C)(C)CC1=O. The van der Waals surface area contributed by atoms with Crippen LogP contribution in [0, 0.1) is 17.0 Å². The van der Waals surface area contributed by atoms with E-state index in [9.17, 15) is 18.4 Å². The largest absolute Gasteiger partial charge is 0.294 e. The van der Waals surface area contributed by atoms with Crippen molar-refractivity contribution in [2.45, 2.75) is 46.5 Å². The van der Waals surface area contributed by atoms with Gasteiger partial charge in [-0.1, -0.05) is 39.3 Å². The number of hydroxylamine groups is 1. The first-order valence-electron chi connectivity index (χ1n) is 9.02. The molecule has 146 valence electrons. The van der Waals surface area contributed by atoms with E-state index in [1.54, 1.807) is 6.08 Å². The van der Waals surface area contributed by atoms with Crippen molar-refractivity contribution in [3.8, 4) is 0 Å². The second-order valence-electron chi connectivity index (χ2n) is 7.45. The fourth-order valence-corrected chi connectivity index (χ4v) is 3.07. The van der Waals surface area contributed by atoms with Crippen molar-refractivity contribution in [2.75, 3.05) is 6.61 Å². The van der Waals surface area contributed by atoms with Gasteiger partial charge in [-0.15, -0.1) is 0 Å². The highest BCUT2D eigenvalue weighted by Gasteiger charge is 2.37. The zero-order valence-corrected chi connectivity index (χ0v) is 15.9. The first-order valence-corrected chi connectivity index (χ1v) is 9.02. The fraction of sp³-hybridized carbons (Fsp3) is 0.429. The van der Waals surface area contributed by atoms with Crippen LogP contribution in [0.2, 0.25) is 0 Å². The molecule has 1 aliphatic carbocycles. The Hall–Kier alpha value is -2.34. The summed E-state index contributed by atoms with van der Waals surface area (Å²) in [5.41, 5.74) is 3.33. The third-order valence-corrected chi connectivity index (χ3v) is 4.27. The lowest BCUT2D eigenvalue weighted by Crippen LogP contribution is -2.34. The van der Waals surface area contributed by atoms with Crippen molar-refractivity contribution < 1.29 is 23.2 Å². The molecule has 0 aromatic heterocycles. The van der Waals surface area contributed by atoms with Crippen molar-refractivity contribution >= 4 is 17.6 Å². The third-order valence-electron chi connectivity index (χ3n) is 4.27. The van der Waals surface area contributed by atoms with E-state index in [0.29, 0.717) is 25.0 Å². The molecule has 0 radical (unpaired) electrons. The molecule has 27 heavy (non-hydrogen) atoms. The molecule has 0 amide bonds. The van der Waals surface area contributed by atoms with Crippen LogP contribution >= 0.6 is 0 Å². The van der Waals surface area contributed by atoms with Gasteiger partial charge < -0.3 is 0 Å². The predicted octanol–water partition coefficient (Wildman–Crippen LogP) is 4.51. The summed E-state index contributed by atoms with van der Waals surface area (Å²) >= 11 is 0. The van der Waals surface area contributed by atoms with Crippen molar-refractivity contribution in [1.29, 1.82) is 0 Å². The average molecular weight is 377 g/mol. The van der Waals surface area contributed by atoms with Crippen molar-refractivity contribution in [1.82, 2.24) is 5.48 Å². The molecule has 1 saturated carbocycles. The molecule has 1 N–H and O–H groups in total. The summed E-state index contributed by atoms with van der Waals surface area (Å²) in [6.45, 7) is 5.84. The molecule has 0 aliphatic heterocycles. The Morgan fingerprint density at radius 1 is 1.22 bits per heavy atom. The van der Waals surface area contributed by atoms with Crippen LogP contribution in [0.5, 0.6) is 0 Å². The lowest BCUT2D eigenvalue weighted by Gasteiger charge is -2.29. The molecule has 0 atom stereocenters. The van der Waals surface area contributed by atoms with Gasteiger partial charge in [-0.05, 0) is 24.0 Å². The maximum absolute atomic E-state index is 13.5. The standard InChI is InChI=1S/C21H25F2NO3/c1-4-6-17(20-18(25)12-21(2,3)13-19(20)26)24-27-10-5-7-14-8-9-15(22)11-16(14)23/h5,7-9,11,24H,4,6,10,12-13H2,1-3H3. The first-order chi connectivity index (χ1) is 12.7. The number of nitrogens with one attached hydrogen (secondary N) is 1. The van der Waals surface area contributed by atoms with Gasteiger partial charge >= 0.3 is 0 Å². The minimum Gasteiger partial charge on any atom is -0.294 e. The third kappa shape index (κ3) is 5.82. The van der Waals surface area contributed by atoms with E-state index in [4.69, 9.17) is 4.84 Å². The summed E-state index contributed by atoms with van der Waals surface area (Å²) in [5, 5.41) is 0. The Labute approximate surface area is 158 Å². The number of carbonyl (C=O) groups is 2. The highest BCUT2D eigenvalue weighted by atomic mass is 19.1. The number of allylic oxidation sites excluding steroid dienone is 2. The molecular formula is C21H25F2NO3. The van der Waals surface area contributed by atoms with Crippen molar-refractivity contribution in [2.24, 2.45) is 5.41 Å². The van der Waals surface area contributed by atoms with E-state index < -0.39 is 11.6 Å². The van der Waals surface area contributed by atoms with Gasteiger partial charge in [0.15, 0.2) is 11.6 Å². The minimum atomic E-state index is -0.658. The van der Waals surface area contributed by atoms with Crippen LogP contribution < -0.4 is 5.48 Å². The zero-order valence-electron chi connectivity index (χ0n) is 15.9. The Balaban J connectivity index is 2.01. The van der Waals surface area contributed by atoms with Gasteiger partial charge in [0.1, 0.15) is 11.6 Å². The molecule has 1 aromatic rings. The predicted molar refractivity (Wildman–Crippen MR) is 99.4 cm³/mol. The first kappa shape index (κ1) is 21.0. The molecule has 0 unspecified atom stereocenters. The van der Waals surface area contributed by atoms with Gasteiger partial charge in [0.2, 0.25) is 0 Å². The fourth-order valence-electron chi connectivity index (χ4n) is 3.07. The van der Waals surface area contributed by atoms with Crippen LogP contribution in [0.15, 0.2) is 35.5 Å². The van der Waals surface area contributed by atoms with E-state index >= 15 is 0 Å². The smallest absolute Gasteiger partial charge is 0.168 e.